The molecule has 1 unspecified atom stereocenters. The Hall–Kier alpha value is -2.13. The van der Waals surface area contributed by atoms with Gasteiger partial charge in [-0.25, -0.2) is 4.68 Å². The summed E-state index contributed by atoms with van der Waals surface area (Å²) in [5, 5.41) is 7.29. The van der Waals surface area contributed by atoms with Gasteiger partial charge < -0.3 is 0 Å². The van der Waals surface area contributed by atoms with E-state index in [1.165, 1.54) is 0 Å². The molecule has 0 fully saturated rings. The molecule has 27 heavy (non-hydrogen) atoms. The van der Waals surface area contributed by atoms with E-state index in [-0.39, 0.29) is 11.6 Å². The molecule has 0 saturated carbocycles. The molecule has 1 atom stereocenters. The van der Waals surface area contributed by atoms with Crippen LogP contribution in [0.4, 0.5) is 0 Å². The Bertz CT molecular complexity index is 947. The second-order valence-corrected chi connectivity index (χ2v) is 7.57. The molecule has 1 aromatic heterocycles. The maximum absolute atomic E-state index is 13.1. The molecule has 0 aliphatic heterocycles. The zero-order valence-corrected chi connectivity index (χ0v) is 16.9. The van der Waals surface area contributed by atoms with Crippen LogP contribution < -0.4 is 5.56 Å². The van der Waals surface area contributed by atoms with E-state index in [9.17, 15) is 4.79 Å². The molecule has 1 heterocycles. The molecule has 0 N–H and O–H groups in total. The SMILES string of the molecule is CCCCC(CCC)n1nc(Cc2ccc(Cl)cc2)c2ccccc2c1=O. The van der Waals surface area contributed by atoms with Gasteiger partial charge in [0, 0.05) is 16.8 Å². The molecule has 0 aliphatic carbocycles. The minimum absolute atomic E-state index is 0.0278. The van der Waals surface area contributed by atoms with Crippen LogP contribution in [-0.4, -0.2) is 9.78 Å². The Morgan fingerprint density at radius 1 is 0.963 bits per heavy atom. The molecule has 0 amide bonds. The predicted molar refractivity (Wildman–Crippen MR) is 114 cm³/mol. The van der Waals surface area contributed by atoms with E-state index < -0.39 is 0 Å². The summed E-state index contributed by atoms with van der Waals surface area (Å²) in [5.74, 6) is 0. The number of rotatable bonds is 8. The maximum atomic E-state index is 13.1. The standard InChI is InChI=1S/C23H27ClN2O/c1-3-5-9-19(8-4-2)26-23(27)21-11-7-6-10-20(21)22(25-26)16-17-12-14-18(24)15-13-17/h6-7,10-15,19H,3-5,8-9,16H2,1-2H3. The maximum Gasteiger partial charge on any atom is 0.274 e. The van der Waals surface area contributed by atoms with E-state index in [0.717, 1.165) is 59.2 Å². The third-order valence-electron chi connectivity index (χ3n) is 5.05. The summed E-state index contributed by atoms with van der Waals surface area (Å²) >= 11 is 6.02. The summed E-state index contributed by atoms with van der Waals surface area (Å²) in [7, 11) is 0. The van der Waals surface area contributed by atoms with Gasteiger partial charge >= 0.3 is 0 Å². The number of hydrogen-bond donors (Lipinski definition) is 0. The van der Waals surface area contributed by atoms with Gasteiger partial charge in [0.1, 0.15) is 0 Å². The van der Waals surface area contributed by atoms with Crippen LogP contribution in [0.1, 0.15) is 63.3 Å². The Morgan fingerprint density at radius 3 is 2.33 bits per heavy atom. The fraction of sp³-hybridized carbons (Fsp3) is 0.391. The molecule has 3 nitrogen and oxygen atoms in total. The minimum atomic E-state index is 0.0278. The Morgan fingerprint density at radius 2 is 1.67 bits per heavy atom. The monoisotopic (exact) mass is 382 g/mol. The average Bonchev–Trinajstić information content (AvgIpc) is 2.69. The van der Waals surface area contributed by atoms with E-state index in [1.54, 1.807) is 4.68 Å². The van der Waals surface area contributed by atoms with E-state index in [2.05, 4.69) is 13.8 Å². The van der Waals surface area contributed by atoms with E-state index in [0.29, 0.717) is 6.42 Å². The molecule has 0 radical (unpaired) electrons. The Kier molecular flexibility index (Phi) is 6.68. The third-order valence-corrected chi connectivity index (χ3v) is 5.30. The first kappa shape index (κ1) is 19.6. The lowest BCUT2D eigenvalue weighted by Crippen LogP contribution is -2.29. The van der Waals surface area contributed by atoms with Crippen molar-refractivity contribution < 1.29 is 0 Å². The summed E-state index contributed by atoms with van der Waals surface area (Å²) in [6.07, 6.45) is 5.94. The number of unbranched alkanes of at least 4 members (excludes halogenated alkanes) is 1. The van der Waals surface area contributed by atoms with E-state index in [1.807, 2.05) is 48.5 Å². The average molecular weight is 383 g/mol. The van der Waals surface area contributed by atoms with Gasteiger partial charge in [-0.2, -0.15) is 5.10 Å². The van der Waals surface area contributed by atoms with Gasteiger partial charge in [-0.05, 0) is 36.6 Å². The molecule has 0 aliphatic rings. The number of aromatic nitrogens is 2. The smallest absolute Gasteiger partial charge is 0.267 e. The molecule has 0 saturated heterocycles. The molecule has 4 heteroatoms. The van der Waals surface area contributed by atoms with E-state index >= 15 is 0 Å². The van der Waals surface area contributed by atoms with Crippen molar-refractivity contribution in [3.8, 4) is 0 Å². The van der Waals surface area contributed by atoms with Crippen molar-refractivity contribution in [2.24, 2.45) is 0 Å². The van der Waals surface area contributed by atoms with Crippen LogP contribution in [0.5, 0.6) is 0 Å². The summed E-state index contributed by atoms with van der Waals surface area (Å²) in [4.78, 5) is 13.1. The number of fused-ring (bicyclic) bond motifs is 1. The van der Waals surface area contributed by atoms with Crippen molar-refractivity contribution in [2.75, 3.05) is 0 Å². The predicted octanol–water partition coefficient (Wildman–Crippen LogP) is 6.17. The zero-order valence-electron chi connectivity index (χ0n) is 16.1. The van der Waals surface area contributed by atoms with Crippen molar-refractivity contribution in [3.63, 3.8) is 0 Å². The van der Waals surface area contributed by atoms with Crippen molar-refractivity contribution in [1.29, 1.82) is 0 Å². The van der Waals surface area contributed by atoms with Crippen molar-refractivity contribution in [2.45, 2.75) is 58.4 Å². The molecular weight excluding hydrogens is 356 g/mol. The van der Waals surface area contributed by atoms with Gasteiger partial charge in [-0.3, -0.25) is 4.79 Å². The number of hydrogen-bond acceptors (Lipinski definition) is 2. The second-order valence-electron chi connectivity index (χ2n) is 7.13. The number of halogens is 1. The molecule has 142 valence electrons. The number of nitrogens with zero attached hydrogens (tertiary/aromatic N) is 2. The van der Waals surface area contributed by atoms with Crippen LogP contribution >= 0.6 is 11.6 Å². The highest BCUT2D eigenvalue weighted by molar-refractivity contribution is 6.30. The lowest BCUT2D eigenvalue weighted by atomic mass is 10.0. The fourth-order valence-corrected chi connectivity index (χ4v) is 3.74. The van der Waals surface area contributed by atoms with Gasteiger partial charge in [0.15, 0.2) is 0 Å². The lowest BCUT2D eigenvalue weighted by Gasteiger charge is -2.20. The second kappa shape index (κ2) is 9.18. The molecular formula is C23H27ClN2O. The fourth-order valence-electron chi connectivity index (χ4n) is 3.61. The van der Waals surface area contributed by atoms with Gasteiger partial charge in [-0.15, -0.1) is 0 Å². The van der Waals surface area contributed by atoms with Crippen LogP contribution in [0.15, 0.2) is 53.3 Å². The van der Waals surface area contributed by atoms with Gasteiger partial charge in [0.2, 0.25) is 0 Å². The molecule has 0 spiro atoms. The quantitative estimate of drug-likeness (QED) is 0.466. The highest BCUT2D eigenvalue weighted by Gasteiger charge is 2.17. The van der Waals surface area contributed by atoms with Crippen LogP contribution in [0.3, 0.4) is 0 Å². The van der Waals surface area contributed by atoms with Crippen LogP contribution in [0, 0.1) is 0 Å². The molecule has 2 aromatic carbocycles. The molecule has 0 bridgehead atoms. The first-order chi connectivity index (χ1) is 13.1. The molecule has 3 rings (SSSR count). The number of benzene rings is 2. The van der Waals surface area contributed by atoms with Crippen molar-refractivity contribution in [3.05, 3.63) is 75.2 Å². The third kappa shape index (κ3) is 4.59. The summed E-state index contributed by atoms with van der Waals surface area (Å²) in [6.45, 7) is 4.35. The Balaban J connectivity index is 2.10. The largest absolute Gasteiger partial charge is 0.274 e. The highest BCUT2D eigenvalue weighted by Crippen LogP contribution is 2.23. The van der Waals surface area contributed by atoms with Gasteiger partial charge in [0.25, 0.3) is 5.56 Å². The first-order valence-electron chi connectivity index (χ1n) is 9.89. The normalized spacial score (nSPS) is 12.4. The van der Waals surface area contributed by atoms with E-state index in [4.69, 9.17) is 16.7 Å². The molecule has 3 aromatic rings. The summed E-state index contributed by atoms with van der Waals surface area (Å²) in [5.41, 5.74) is 2.12. The summed E-state index contributed by atoms with van der Waals surface area (Å²) < 4.78 is 1.76. The zero-order chi connectivity index (χ0) is 19.2. The lowest BCUT2D eigenvalue weighted by molar-refractivity contribution is 0.368. The summed E-state index contributed by atoms with van der Waals surface area (Å²) in [6, 6.07) is 15.8. The van der Waals surface area contributed by atoms with Gasteiger partial charge in [0.05, 0.1) is 17.1 Å². The van der Waals surface area contributed by atoms with Crippen molar-refractivity contribution in [1.82, 2.24) is 9.78 Å². The topological polar surface area (TPSA) is 34.9 Å². The van der Waals surface area contributed by atoms with Crippen LogP contribution in [-0.2, 0) is 6.42 Å². The van der Waals surface area contributed by atoms with Gasteiger partial charge in [-0.1, -0.05) is 75.0 Å². The van der Waals surface area contributed by atoms with Crippen LogP contribution in [0.25, 0.3) is 10.8 Å². The minimum Gasteiger partial charge on any atom is -0.267 e. The Labute approximate surface area is 166 Å². The van der Waals surface area contributed by atoms with Crippen molar-refractivity contribution >= 4 is 22.4 Å². The first-order valence-corrected chi connectivity index (χ1v) is 10.3. The van der Waals surface area contributed by atoms with Crippen LogP contribution in [0.2, 0.25) is 5.02 Å². The highest BCUT2D eigenvalue weighted by atomic mass is 35.5.